The number of anilines is 1. The van der Waals surface area contributed by atoms with Gasteiger partial charge in [-0.15, -0.1) is 0 Å². The molecule has 0 aliphatic heterocycles. The highest BCUT2D eigenvalue weighted by atomic mass is 16.4. The van der Waals surface area contributed by atoms with Crippen molar-refractivity contribution in [1.82, 2.24) is 5.32 Å². The minimum absolute atomic E-state index is 0.116. The summed E-state index contributed by atoms with van der Waals surface area (Å²) in [7, 11) is 0. The zero-order valence-corrected chi connectivity index (χ0v) is 13.8. The maximum atomic E-state index is 12.1. The molecule has 0 aromatic heterocycles. The van der Waals surface area contributed by atoms with E-state index in [-0.39, 0.29) is 18.4 Å². The number of benzene rings is 1. The van der Waals surface area contributed by atoms with Crippen LogP contribution in [0.2, 0.25) is 0 Å². The average Bonchev–Trinajstić information content (AvgIpc) is 2.43. The molecule has 0 aliphatic rings. The third kappa shape index (κ3) is 5.48. The van der Waals surface area contributed by atoms with Crippen molar-refractivity contribution in [1.29, 1.82) is 0 Å². The molecule has 1 aromatic carbocycles. The number of rotatable bonds is 8. The van der Waals surface area contributed by atoms with Gasteiger partial charge in [-0.1, -0.05) is 25.5 Å². The summed E-state index contributed by atoms with van der Waals surface area (Å²) in [6, 6.07) is 4.97. The molecule has 0 bridgehead atoms. The number of aryl methyl sites for hydroxylation is 1. The van der Waals surface area contributed by atoms with E-state index in [1.54, 1.807) is 0 Å². The molecule has 5 nitrogen and oxygen atoms in total. The first-order chi connectivity index (χ1) is 10.3. The van der Waals surface area contributed by atoms with Gasteiger partial charge < -0.3 is 15.7 Å². The number of nitrogens with one attached hydrogen (secondary N) is 2. The van der Waals surface area contributed by atoms with Crippen LogP contribution in [0.4, 0.5) is 5.69 Å². The fraction of sp³-hybridized carbons (Fsp3) is 0.529. The maximum absolute atomic E-state index is 12.1. The van der Waals surface area contributed by atoms with Crippen LogP contribution < -0.4 is 10.6 Å². The molecule has 1 rings (SSSR count). The normalized spacial score (nSPS) is 13.5. The van der Waals surface area contributed by atoms with Crippen LogP contribution in [-0.4, -0.2) is 29.1 Å². The number of carbonyl (C=O) groups is 2. The van der Waals surface area contributed by atoms with Crippen LogP contribution >= 0.6 is 0 Å². The molecule has 0 radical (unpaired) electrons. The van der Waals surface area contributed by atoms with E-state index in [1.165, 1.54) is 0 Å². The Labute approximate surface area is 132 Å². The Bertz CT molecular complexity index is 529. The van der Waals surface area contributed by atoms with Crippen LogP contribution in [0.1, 0.15) is 44.2 Å². The van der Waals surface area contributed by atoms with E-state index in [0.717, 1.165) is 23.2 Å². The van der Waals surface area contributed by atoms with Crippen molar-refractivity contribution in [2.45, 2.75) is 59.0 Å². The van der Waals surface area contributed by atoms with Crippen molar-refractivity contribution in [3.63, 3.8) is 0 Å². The summed E-state index contributed by atoms with van der Waals surface area (Å²) in [5.41, 5.74) is 2.98. The van der Waals surface area contributed by atoms with E-state index < -0.39 is 12.0 Å². The number of carbonyl (C=O) groups excluding carboxylic acids is 1. The second-order valence-electron chi connectivity index (χ2n) is 5.75. The van der Waals surface area contributed by atoms with Gasteiger partial charge in [-0.05, 0) is 44.4 Å². The van der Waals surface area contributed by atoms with Gasteiger partial charge in [0.25, 0.3) is 0 Å². The Balaban J connectivity index is 2.57. The number of carboxylic acids is 1. The molecule has 22 heavy (non-hydrogen) atoms. The molecule has 2 atom stereocenters. The maximum Gasteiger partial charge on any atom is 0.320 e. The highest BCUT2D eigenvalue weighted by molar-refractivity contribution is 5.92. The molecule has 3 N–H and O–H groups in total. The van der Waals surface area contributed by atoms with Crippen LogP contribution in [-0.2, 0) is 9.59 Å². The van der Waals surface area contributed by atoms with E-state index in [1.807, 2.05) is 45.9 Å². The van der Waals surface area contributed by atoms with Gasteiger partial charge in [0.15, 0.2) is 0 Å². The minimum Gasteiger partial charge on any atom is -0.480 e. The third-order valence-corrected chi connectivity index (χ3v) is 3.73. The lowest BCUT2D eigenvalue weighted by Gasteiger charge is -2.19. The summed E-state index contributed by atoms with van der Waals surface area (Å²) in [5, 5.41) is 15.0. The SMILES string of the molecule is CCCC(NC(C)CC(=O)Nc1cccc(C)c1C)C(=O)O. The van der Waals surface area contributed by atoms with Crippen LogP contribution in [0, 0.1) is 13.8 Å². The Morgan fingerprint density at radius 1 is 1.27 bits per heavy atom. The predicted molar refractivity (Wildman–Crippen MR) is 88.1 cm³/mol. The molecule has 0 aliphatic carbocycles. The standard InChI is InChI=1S/C17H26N2O3/c1-5-7-15(17(21)22)18-12(3)10-16(20)19-14-9-6-8-11(2)13(14)4/h6,8-9,12,15,18H,5,7,10H2,1-4H3,(H,19,20)(H,21,22). The van der Waals surface area contributed by atoms with Crippen molar-refractivity contribution >= 4 is 17.6 Å². The van der Waals surface area contributed by atoms with E-state index in [0.29, 0.717) is 6.42 Å². The van der Waals surface area contributed by atoms with Crippen LogP contribution in [0.3, 0.4) is 0 Å². The Hall–Kier alpha value is -1.88. The molecular formula is C17H26N2O3. The highest BCUT2D eigenvalue weighted by Gasteiger charge is 2.20. The molecule has 0 spiro atoms. The molecule has 0 saturated heterocycles. The summed E-state index contributed by atoms with van der Waals surface area (Å²) in [6.07, 6.45) is 1.57. The monoisotopic (exact) mass is 306 g/mol. The van der Waals surface area contributed by atoms with E-state index in [9.17, 15) is 9.59 Å². The first-order valence-corrected chi connectivity index (χ1v) is 7.70. The van der Waals surface area contributed by atoms with Gasteiger partial charge in [0.2, 0.25) is 5.91 Å². The van der Waals surface area contributed by atoms with Gasteiger partial charge in [0.05, 0.1) is 0 Å². The molecule has 5 heteroatoms. The van der Waals surface area contributed by atoms with Crippen LogP contribution in [0.5, 0.6) is 0 Å². The molecular weight excluding hydrogens is 280 g/mol. The fourth-order valence-corrected chi connectivity index (χ4v) is 2.33. The summed E-state index contributed by atoms with van der Waals surface area (Å²) in [5.74, 6) is -0.988. The van der Waals surface area contributed by atoms with Gasteiger partial charge in [0, 0.05) is 18.2 Å². The quantitative estimate of drug-likeness (QED) is 0.690. The van der Waals surface area contributed by atoms with E-state index >= 15 is 0 Å². The van der Waals surface area contributed by atoms with Crippen molar-refractivity contribution in [2.75, 3.05) is 5.32 Å². The molecule has 1 amide bonds. The molecule has 0 heterocycles. The molecule has 0 saturated carbocycles. The smallest absolute Gasteiger partial charge is 0.320 e. The van der Waals surface area contributed by atoms with Gasteiger partial charge >= 0.3 is 5.97 Å². The van der Waals surface area contributed by atoms with Crippen molar-refractivity contribution in [3.8, 4) is 0 Å². The average molecular weight is 306 g/mol. The molecule has 2 unspecified atom stereocenters. The number of hydrogen-bond donors (Lipinski definition) is 3. The third-order valence-electron chi connectivity index (χ3n) is 3.73. The predicted octanol–water partition coefficient (Wildman–Crippen LogP) is 2.86. The minimum atomic E-state index is -0.872. The highest BCUT2D eigenvalue weighted by Crippen LogP contribution is 2.18. The van der Waals surface area contributed by atoms with E-state index in [4.69, 9.17) is 5.11 Å². The number of hydrogen-bond acceptors (Lipinski definition) is 3. The summed E-state index contributed by atoms with van der Waals surface area (Å²) >= 11 is 0. The van der Waals surface area contributed by atoms with Gasteiger partial charge in [-0.2, -0.15) is 0 Å². The van der Waals surface area contributed by atoms with Gasteiger partial charge in [-0.3, -0.25) is 9.59 Å². The number of amides is 1. The lowest BCUT2D eigenvalue weighted by molar-refractivity contribution is -0.140. The number of aliphatic carboxylic acids is 1. The lowest BCUT2D eigenvalue weighted by atomic mass is 10.1. The van der Waals surface area contributed by atoms with Crippen molar-refractivity contribution in [2.24, 2.45) is 0 Å². The topological polar surface area (TPSA) is 78.4 Å². The fourth-order valence-electron chi connectivity index (χ4n) is 2.33. The molecule has 1 aromatic rings. The zero-order chi connectivity index (χ0) is 16.7. The second kappa shape index (κ2) is 8.54. The number of carboxylic acid groups (broad SMARTS) is 1. The first kappa shape index (κ1) is 18.2. The Morgan fingerprint density at radius 2 is 1.95 bits per heavy atom. The zero-order valence-electron chi connectivity index (χ0n) is 13.8. The van der Waals surface area contributed by atoms with Gasteiger partial charge in [0.1, 0.15) is 6.04 Å². The molecule has 0 fully saturated rings. The summed E-state index contributed by atoms with van der Waals surface area (Å²) in [6.45, 7) is 7.73. The Kier molecular flexibility index (Phi) is 7.05. The summed E-state index contributed by atoms with van der Waals surface area (Å²) in [4.78, 5) is 23.2. The lowest BCUT2D eigenvalue weighted by Crippen LogP contribution is -2.43. The van der Waals surface area contributed by atoms with Crippen LogP contribution in [0.25, 0.3) is 0 Å². The van der Waals surface area contributed by atoms with Crippen molar-refractivity contribution in [3.05, 3.63) is 29.3 Å². The Morgan fingerprint density at radius 3 is 2.55 bits per heavy atom. The van der Waals surface area contributed by atoms with Gasteiger partial charge in [-0.25, -0.2) is 0 Å². The van der Waals surface area contributed by atoms with Crippen molar-refractivity contribution < 1.29 is 14.7 Å². The summed E-state index contributed by atoms with van der Waals surface area (Å²) < 4.78 is 0. The first-order valence-electron chi connectivity index (χ1n) is 7.70. The largest absolute Gasteiger partial charge is 0.480 e. The van der Waals surface area contributed by atoms with E-state index in [2.05, 4.69) is 10.6 Å². The second-order valence-corrected chi connectivity index (χ2v) is 5.75. The van der Waals surface area contributed by atoms with Crippen LogP contribution in [0.15, 0.2) is 18.2 Å². The molecule has 122 valence electrons.